The molecule has 2 unspecified atom stereocenters. The molecule has 3 fully saturated rings. The van der Waals surface area contributed by atoms with Gasteiger partial charge in [0.2, 0.25) is 0 Å². The van der Waals surface area contributed by atoms with Crippen molar-refractivity contribution in [3.05, 3.63) is 0 Å². The topological polar surface area (TPSA) is 21.3 Å². The van der Waals surface area contributed by atoms with Gasteiger partial charge in [-0.25, -0.2) is 0 Å². The first-order valence-corrected chi connectivity index (χ1v) is 7.00. The van der Waals surface area contributed by atoms with Crippen LogP contribution < -0.4 is 5.32 Å². The van der Waals surface area contributed by atoms with E-state index in [4.69, 9.17) is 4.74 Å². The molecule has 1 aliphatic heterocycles. The van der Waals surface area contributed by atoms with E-state index < -0.39 is 0 Å². The van der Waals surface area contributed by atoms with E-state index in [1.165, 1.54) is 44.9 Å². The first-order chi connectivity index (χ1) is 7.59. The maximum Gasteiger partial charge on any atom is 0.119 e. The molecule has 1 spiro atoms. The molecule has 0 aromatic heterocycles. The van der Waals surface area contributed by atoms with Crippen LogP contribution in [0.5, 0.6) is 0 Å². The van der Waals surface area contributed by atoms with E-state index in [1.807, 2.05) is 0 Å². The Labute approximate surface area is 99.1 Å². The van der Waals surface area contributed by atoms with Crippen LogP contribution in [0.3, 0.4) is 0 Å². The third-order valence-corrected chi connectivity index (χ3v) is 4.64. The van der Waals surface area contributed by atoms with Gasteiger partial charge in [-0.2, -0.15) is 0 Å². The van der Waals surface area contributed by atoms with Crippen LogP contribution in [0.1, 0.15) is 58.8 Å². The second-order valence-corrected chi connectivity index (χ2v) is 6.91. The number of nitrogens with one attached hydrogen (secondary N) is 1. The highest BCUT2D eigenvalue weighted by molar-refractivity contribution is 4.98. The van der Waals surface area contributed by atoms with Crippen LogP contribution in [0.25, 0.3) is 0 Å². The van der Waals surface area contributed by atoms with Gasteiger partial charge in [0.15, 0.2) is 0 Å². The summed E-state index contributed by atoms with van der Waals surface area (Å²) in [4.78, 5) is 0. The van der Waals surface area contributed by atoms with Gasteiger partial charge in [-0.1, -0.05) is 13.8 Å². The van der Waals surface area contributed by atoms with Gasteiger partial charge in [-0.05, 0) is 56.3 Å². The maximum atomic E-state index is 6.14. The average Bonchev–Trinajstić information content (AvgIpc) is 2.98. The maximum absolute atomic E-state index is 6.14. The summed E-state index contributed by atoms with van der Waals surface area (Å²) in [5, 5.41) is 3.86. The first kappa shape index (κ1) is 11.0. The smallest absolute Gasteiger partial charge is 0.119 e. The number of rotatable bonds is 1. The van der Waals surface area contributed by atoms with Crippen molar-refractivity contribution >= 4 is 0 Å². The molecular weight excluding hydrogens is 198 g/mol. The van der Waals surface area contributed by atoms with E-state index in [-0.39, 0.29) is 5.72 Å². The molecule has 2 heteroatoms. The van der Waals surface area contributed by atoms with Gasteiger partial charge in [-0.15, -0.1) is 0 Å². The van der Waals surface area contributed by atoms with Crippen molar-refractivity contribution in [1.82, 2.24) is 5.32 Å². The van der Waals surface area contributed by atoms with Crippen molar-refractivity contribution < 1.29 is 4.74 Å². The lowest BCUT2D eigenvalue weighted by atomic mass is 9.72. The fourth-order valence-electron chi connectivity index (χ4n) is 3.73. The minimum atomic E-state index is 0.0350. The summed E-state index contributed by atoms with van der Waals surface area (Å²) >= 11 is 0. The molecule has 2 saturated carbocycles. The molecule has 1 heterocycles. The monoisotopic (exact) mass is 223 g/mol. The van der Waals surface area contributed by atoms with Crippen LogP contribution in [0.15, 0.2) is 0 Å². The van der Waals surface area contributed by atoms with Crippen molar-refractivity contribution in [2.24, 2.45) is 11.3 Å². The van der Waals surface area contributed by atoms with E-state index in [2.05, 4.69) is 19.2 Å². The molecular formula is C14H25NO. The van der Waals surface area contributed by atoms with Gasteiger partial charge >= 0.3 is 0 Å². The summed E-state index contributed by atoms with van der Waals surface area (Å²) in [5.74, 6) is 0.964. The summed E-state index contributed by atoms with van der Waals surface area (Å²) in [6, 6.07) is 0.752. The van der Waals surface area contributed by atoms with Crippen molar-refractivity contribution in [3.63, 3.8) is 0 Å². The highest BCUT2D eigenvalue weighted by Gasteiger charge is 2.46. The third kappa shape index (κ3) is 2.14. The van der Waals surface area contributed by atoms with Crippen molar-refractivity contribution in [2.45, 2.75) is 70.6 Å². The Hall–Kier alpha value is -0.0800. The minimum Gasteiger partial charge on any atom is -0.361 e. The SMILES string of the molecule is CC1(C)CCCC2(C1)NC(C1CC1)CCO2. The van der Waals surface area contributed by atoms with Crippen LogP contribution in [-0.4, -0.2) is 18.4 Å². The molecule has 0 aromatic rings. The molecule has 3 aliphatic rings. The van der Waals surface area contributed by atoms with Gasteiger partial charge in [0.1, 0.15) is 5.72 Å². The molecule has 2 nitrogen and oxygen atoms in total. The first-order valence-electron chi connectivity index (χ1n) is 7.00. The summed E-state index contributed by atoms with van der Waals surface area (Å²) in [6.45, 7) is 5.75. The van der Waals surface area contributed by atoms with Gasteiger partial charge in [-0.3, -0.25) is 5.32 Å². The third-order valence-electron chi connectivity index (χ3n) is 4.64. The predicted octanol–water partition coefficient (Wildman–Crippen LogP) is 3.07. The number of hydrogen-bond donors (Lipinski definition) is 1. The minimum absolute atomic E-state index is 0.0350. The highest BCUT2D eigenvalue weighted by Crippen LogP contribution is 2.45. The van der Waals surface area contributed by atoms with Gasteiger partial charge in [0, 0.05) is 6.04 Å². The predicted molar refractivity (Wildman–Crippen MR) is 65.2 cm³/mol. The summed E-state index contributed by atoms with van der Waals surface area (Å²) in [6.07, 6.45) is 9.20. The number of hydrogen-bond acceptors (Lipinski definition) is 2. The molecule has 92 valence electrons. The lowest BCUT2D eigenvalue weighted by Crippen LogP contribution is -2.60. The Morgan fingerprint density at radius 3 is 2.62 bits per heavy atom. The van der Waals surface area contributed by atoms with Crippen LogP contribution >= 0.6 is 0 Å². The van der Waals surface area contributed by atoms with Crippen molar-refractivity contribution in [2.75, 3.05) is 6.61 Å². The normalized spacial score (nSPS) is 43.5. The van der Waals surface area contributed by atoms with Crippen molar-refractivity contribution in [1.29, 1.82) is 0 Å². The Morgan fingerprint density at radius 1 is 1.12 bits per heavy atom. The standard InChI is InChI=1S/C14H25NO/c1-13(2)7-3-8-14(10-13)15-12(6-9-16-14)11-4-5-11/h11-12,15H,3-10H2,1-2H3. The van der Waals surface area contributed by atoms with Gasteiger partial charge < -0.3 is 4.74 Å². The molecule has 0 aromatic carbocycles. The van der Waals surface area contributed by atoms with Crippen LogP contribution in [0, 0.1) is 11.3 Å². The zero-order valence-corrected chi connectivity index (χ0v) is 10.7. The molecule has 2 atom stereocenters. The zero-order chi connectivity index (χ0) is 11.2. The van der Waals surface area contributed by atoms with E-state index >= 15 is 0 Å². The molecule has 1 saturated heterocycles. The summed E-state index contributed by atoms with van der Waals surface area (Å²) < 4.78 is 6.14. The fraction of sp³-hybridized carbons (Fsp3) is 1.00. The highest BCUT2D eigenvalue weighted by atomic mass is 16.5. The average molecular weight is 223 g/mol. The molecule has 16 heavy (non-hydrogen) atoms. The molecule has 0 radical (unpaired) electrons. The molecule has 0 bridgehead atoms. The van der Waals surface area contributed by atoms with E-state index in [0.29, 0.717) is 5.41 Å². The Bertz CT molecular complexity index is 268. The van der Waals surface area contributed by atoms with Crippen LogP contribution in [-0.2, 0) is 4.74 Å². The molecule has 2 aliphatic carbocycles. The lowest BCUT2D eigenvalue weighted by Gasteiger charge is -2.49. The fourth-order valence-corrected chi connectivity index (χ4v) is 3.73. The van der Waals surface area contributed by atoms with Crippen LogP contribution in [0.4, 0.5) is 0 Å². The molecule has 0 amide bonds. The van der Waals surface area contributed by atoms with Gasteiger partial charge in [0.25, 0.3) is 0 Å². The summed E-state index contributed by atoms with van der Waals surface area (Å²) in [5.41, 5.74) is 0.490. The van der Waals surface area contributed by atoms with Crippen molar-refractivity contribution in [3.8, 4) is 0 Å². The summed E-state index contributed by atoms with van der Waals surface area (Å²) in [7, 11) is 0. The van der Waals surface area contributed by atoms with E-state index in [0.717, 1.165) is 18.6 Å². The quantitative estimate of drug-likeness (QED) is 0.737. The van der Waals surface area contributed by atoms with E-state index in [9.17, 15) is 0 Å². The Kier molecular flexibility index (Phi) is 2.56. The zero-order valence-electron chi connectivity index (χ0n) is 10.7. The lowest BCUT2D eigenvalue weighted by molar-refractivity contribution is -0.153. The van der Waals surface area contributed by atoms with Gasteiger partial charge in [0.05, 0.1) is 6.61 Å². The Morgan fingerprint density at radius 2 is 1.94 bits per heavy atom. The van der Waals surface area contributed by atoms with Crippen LogP contribution in [0.2, 0.25) is 0 Å². The number of ether oxygens (including phenoxy) is 1. The molecule has 1 N–H and O–H groups in total. The molecule has 3 rings (SSSR count). The van der Waals surface area contributed by atoms with E-state index in [1.54, 1.807) is 0 Å². The second-order valence-electron chi connectivity index (χ2n) is 6.91. The largest absolute Gasteiger partial charge is 0.361 e. The second kappa shape index (κ2) is 3.71. The Balaban J connectivity index is 1.71.